The van der Waals surface area contributed by atoms with E-state index >= 15 is 0 Å². The Morgan fingerprint density at radius 2 is 1.66 bits per heavy atom. The number of fused-ring (bicyclic) bond motifs is 1. The number of hydrazine groups is 1. The number of pyridine rings is 1. The highest BCUT2D eigenvalue weighted by atomic mass is 16.5. The molecule has 10 nitrogen and oxygen atoms in total. The summed E-state index contributed by atoms with van der Waals surface area (Å²) in [5.74, 6) is 0.743. The lowest BCUT2D eigenvalue weighted by Gasteiger charge is -2.13. The Hall–Kier alpha value is -4.73. The fourth-order valence-corrected chi connectivity index (χ4v) is 3.44. The average molecular weight is 473 g/mol. The zero-order chi connectivity index (χ0) is 24.6. The monoisotopic (exact) mass is 472 g/mol. The van der Waals surface area contributed by atoms with Gasteiger partial charge in [-0.1, -0.05) is 18.2 Å². The third-order valence-electron chi connectivity index (χ3n) is 5.16. The molecule has 0 spiro atoms. The summed E-state index contributed by atoms with van der Waals surface area (Å²) in [5, 5.41) is 3.60. The number of amides is 2. The molecule has 0 bridgehead atoms. The highest BCUT2D eigenvalue weighted by Crippen LogP contribution is 2.33. The Kier molecular flexibility index (Phi) is 7.31. The minimum Gasteiger partial charge on any atom is -0.493 e. The molecule has 3 N–H and O–H groups in total. The molecule has 2 aromatic carbocycles. The molecule has 0 saturated carbocycles. The van der Waals surface area contributed by atoms with E-state index in [1.807, 2.05) is 24.3 Å². The number of nitrogens with one attached hydrogen (secondary N) is 3. The molecule has 2 amide bonds. The first-order valence-corrected chi connectivity index (χ1v) is 10.8. The van der Waals surface area contributed by atoms with Crippen molar-refractivity contribution in [2.45, 2.75) is 6.42 Å². The van der Waals surface area contributed by atoms with Crippen LogP contribution in [0.3, 0.4) is 0 Å². The summed E-state index contributed by atoms with van der Waals surface area (Å²) in [6, 6.07) is 16.1. The van der Waals surface area contributed by atoms with Crippen molar-refractivity contribution in [1.29, 1.82) is 0 Å². The number of para-hydroxylation sites is 1. The predicted molar refractivity (Wildman–Crippen MR) is 131 cm³/mol. The van der Waals surface area contributed by atoms with Gasteiger partial charge in [-0.3, -0.25) is 20.4 Å². The first kappa shape index (κ1) is 23.4. The second kappa shape index (κ2) is 10.9. The maximum atomic E-state index is 13.0. The maximum Gasteiger partial charge on any atom is 0.270 e. The van der Waals surface area contributed by atoms with Crippen LogP contribution in [0.4, 0.5) is 5.95 Å². The van der Waals surface area contributed by atoms with Gasteiger partial charge in [-0.25, -0.2) is 15.0 Å². The van der Waals surface area contributed by atoms with Gasteiger partial charge in [0.1, 0.15) is 0 Å². The smallest absolute Gasteiger partial charge is 0.270 e. The number of carbonyl (C=O) groups is 2. The van der Waals surface area contributed by atoms with Crippen molar-refractivity contribution in [2.75, 3.05) is 26.1 Å². The van der Waals surface area contributed by atoms with E-state index in [0.29, 0.717) is 46.2 Å². The molecule has 0 aliphatic rings. The Balaban J connectivity index is 1.50. The van der Waals surface area contributed by atoms with Crippen LogP contribution >= 0.6 is 0 Å². The summed E-state index contributed by atoms with van der Waals surface area (Å²) in [5.41, 5.74) is 7.28. The van der Waals surface area contributed by atoms with Crippen LogP contribution in [0.25, 0.3) is 22.2 Å². The number of hydrogen-bond donors (Lipinski definition) is 3. The minimum absolute atomic E-state index is 0.118. The van der Waals surface area contributed by atoms with Crippen LogP contribution in [0.15, 0.2) is 67.0 Å². The normalized spacial score (nSPS) is 10.5. The zero-order valence-corrected chi connectivity index (χ0v) is 19.2. The number of hydrogen-bond acceptors (Lipinski definition) is 8. The fourth-order valence-electron chi connectivity index (χ4n) is 3.44. The van der Waals surface area contributed by atoms with Gasteiger partial charge in [-0.2, -0.15) is 0 Å². The Morgan fingerprint density at radius 1 is 0.886 bits per heavy atom. The zero-order valence-electron chi connectivity index (χ0n) is 19.2. The van der Waals surface area contributed by atoms with E-state index < -0.39 is 5.91 Å². The van der Waals surface area contributed by atoms with E-state index in [1.54, 1.807) is 56.9 Å². The van der Waals surface area contributed by atoms with Crippen molar-refractivity contribution >= 4 is 28.7 Å². The van der Waals surface area contributed by atoms with Gasteiger partial charge in [0.05, 0.1) is 31.0 Å². The predicted octanol–water partition coefficient (Wildman–Crippen LogP) is 2.97. The van der Waals surface area contributed by atoms with Crippen LogP contribution in [0.1, 0.15) is 16.8 Å². The Bertz CT molecular complexity index is 1350. The Morgan fingerprint density at radius 3 is 2.43 bits per heavy atom. The molecule has 0 aliphatic heterocycles. The molecule has 0 unspecified atom stereocenters. The van der Waals surface area contributed by atoms with Crippen molar-refractivity contribution in [3.63, 3.8) is 0 Å². The lowest BCUT2D eigenvalue weighted by atomic mass is 10.0. The van der Waals surface area contributed by atoms with Crippen LogP contribution in [0, 0.1) is 0 Å². The van der Waals surface area contributed by atoms with Crippen LogP contribution in [-0.2, 0) is 4.79 Å². The van der Waals surface area contributed by atoms with E-state index in [2.05, 4.69) is 26.1 Å². The Labute approximate surface area is 201 Å². The topological polar surface area (TPSA) is 127 Å². The molecule has 10 heteroatoms. The van der Waals surface area contributed by atoms with Gasteiger partial charge in [-0.15, -0.1) is 0 Å². The van der Waals surface area contributed by atoms with E-state index in [0.717, 1.165) is 5.56 Å². The lowest BCUT2D eigenvalue weighted by Crippen LogP contribution is -2.42. The number of nitrogens with zero attached hydrogens (tertiary/aromatic N) is 3. The molecule has 0 aliphatic carbocycles. The summed E-state index contributed by atoms with van der Waals surface area (Å²) in [7, 11) is 3.12. The average Bonchev–Trinajstić information content (AvgIpc) is 2.91. The van der Waals surface area contributed by atoms with Gasteiger partial charge >= 0.3 is 0 Å². The summed E-state index contributed by atoms with van der Waals surface area (Å²) in [6.45, 7) is 0.313. The van der Waals surface area contributed by atoms with Crippen LogP contribution < -0.4 is 25.6 Å². The fraction of sp³-hybridized carbons (Fsp3) is 0.160. The SMILES string of the molecule is COc1ccc(-c2cc(C(=O)NNC(=O)CCNc3ncccn3)c3ccccc3n2)cc1OC. The minimum atomic E-state index is -0.460. The molecular weight excluding hydrogens is 448 g/mol. The van der Waals surface area contributed by atoms with E-state index in [9.17, 15) is 9.59 Å². The van der Waals surface area contributed by atoms with Crippen molar-refractivity contribution in [2.24, 2.45) is 0 Å². The molecule has 35 heavy (non-hydrogen) atoms. The van der Waals surface area contributed by atoms with Crippen LogP contribution in [0.2, 0.25) is 0 Å². The first-order valence-electron chi connectivity index (χ1n) is 10.8. The number of anilines is 1. The van der Waals surface area contributed by atoms with E-state index in [4.69, 9.17) is 14.5 Å². The maximum absolute atomic E-state index is 13.0. The molecule has 2 heterocycles. The largest absolute Gasteiger partial charge is 0.493 e. The number of benzene rings is 2. The second-order valence-corrected chi connectivity index (χ2v) is 7.39. The molecule has 0 atom stereocenters. The van der Waals surface area contributed by atoms with Crippen LogP contribution in [-0.4, -0.2) is 47.5 Å². The lowest BCUT2D eigenvalue weighted by molar-refractivity contribution is -0.121. The third kappa shape index (κ3) is 5.61. The van der Waals surface area contributed by atoms with Gasteiger partial charge in [0.2, 0.25) is 11.9 Å². The molecule has 178 valence electrons. The first-order chi connectivity index (χ1) is 17.1. The highest BCUT2D eigenvalue weighted by molar-refractivity contribution is 6.07. The molecular formula is C25H24N6O4. The number of aromatic nitrogens is 3. The van der Waals surface area contributed by atoms with E-state index in [-0.39, 0.29) is 12.3 Å². The van der Waals surface area contributed by atoms with Crippen molar-refractivity contribution in [3.05, 3.63) is 72.6 Å². The summed E-state index contributed by atoms with van der Waals surface area (Å²) in [4.78, 5) is 38.0. The molecule has 2 aromatic heterocycles. The molecule has 4 aromatic rings. The summed E-state index contributed by atoms with van der Waals surface area (Å²) >= 11 is 0. The van der Waals surface area contributed by atoms with Gasteiger partial charge in [0.25, 0.3) is 5.91 Å². The van der Waals surface area contributed by atoms with Gasteiger partial charge in [0, 0.05) is 36.3 Å². The van der Waals surface area contributed by atoms with Crippen LogP contribution in [0.5, 0.6) is 11.5 Å². The summed E-state index contributed by atoms with van der Waals surface area (Å²) < 4.78 is 10.7. The highest BCUT2D eigenvalue weighted by Gasteiger charge is 2.16. The quantitative estimate of drug-likeness (QED) is 0.334. The third-order valence-corrected chi connectivity index (χ3v) is 5.16. The van der Waals surface area contributed by atoms with Crippen molar-refractivity contribution in [3.8, 4) is 22.8 Å². The molecule has 0 fully saturated rings. The van der Waals surface area contributed by atoms with Gasteiger partial charge in [-0.05, 0) is 36.4 Å². The molecule has 4 rings (SSSR count). The summed E-state index contributed by atoms with van der Waals surface area (Å²) in [6.07, 6.45) is 3.32. The van der Waals surface area contributed by atoms with E-state index in [1.165, 1.54) is 0 Å². The number of rotatable bonds is 8. The number of ether oxygens (including phenoxy) is 2. The van der Waals surface area contributed by atoms with Gasteiger partial charge in [0.15, 0.2) is 11.5 Å². The molecule has 0 saturated heterocycles. The van der Waals surface area contributed by atoms with Crippen molar-refractivity contribution in [1.82, 2.24) is 25.8 Å². The number of methoxy groups -OCH3 is 2. The number of carbonyl (C=O) groups excluding carboxylic acids is 2. The van der Waals surface area contributed by atoms with Gasteiger partial charge < -0.3 is 14.8 Å². The molecule has 0 radical (unpaired) electrons. The van der Waals surface area contributed by atoms with Crippen molar-refractivity contribution < 1.29 is 19.1 Å². The second-order valence-electron chi connectivity index (χ2n) is 7.39. The standard InChI is InChI=1S/C25H24N6O4/c1-34-21-9-8-16(14-22(21)35-2)20-15-18(17-6-3-4-7-19(17)29-20)24(33)31-30-23(32)10-13-28-25-26-11-5-12-27-25/h3-9,11-12,14-15H,10,13H2,1-2H3,(H,30,32)(H,31,33)(H,26,27,28).